The number of rotatable bonds is 2. The second-order valence-corrected chi connectivity index (χ2v) is 4.58. The minimum absolute atomic E-state index is 0.232. The summed E-state index contributed by atoms with van der Waals surface area (Å²) in [5, 5.41) is 27.4. The average molecular weight is 305 g/mol. The Morgan fingerprint density at radius 3 is 2.43 bits per heavy atom. The van der Waals surface area contributed by atoms with Crippen molar-refractivity contribution in [1.82, 2.24) is 4.90 Å². The fourth-order valence-corrected chi connectivity index (χ4v) is 2.17. The van der Waals surface area contributed by atoms with Crippen LogP contribution in [0.1, 0.15) is 16.8 Å². The molecule has 0 bridgehead atoms. The molecule has 1 aliphatic heterocycles. The highest BCUT2D eigenvalue weighted by Gasteiger charge is 2.40. The molecule has 21 heavy (non-hydrogen) atoms. The number of halogens is 3. The Bertz CT molecular complexity index is 621. The molecule has 9 heteroatoms. The van der Waals surface area contributed by atoms with Gasteiger partial charge in [-0.3, -0.25) is 4.79 Å². The second-order valence-electron chi connectivity index (χ2n) is 4.58. The molecule has 1 fully saturated rings. The highest BCUT2D eigenvalue weighted by molar-refractivity contribution is 5.97. The third-order valence-electron chi connectivity index (χ3n) is 3.19. The number of benzene rings is 1. The Labute approximate surface area is 116 Å². The summed E-state index contributed by atoms with van der Waals surface area (Å²) in [6.45, 7) is -0.394. The smallest absolute Gasteiger partial charge is 0.326 e. The molecular formula is C12H10F3NO5. The van der Waals surface area contributed by atoms with E-state index in [-0.39, 0.29) is 12.5 Å². The average Bonchev–Trinajstić information content (AvgIpc) is 2.82. The topological polar surface area (TPSA) is 98.1 Å². The lowest BCUT2D eigenvalue weighted by Gasteiger charge is -2.21. The summed E-state index contributed by atoms with van der Waals surface area (Å²) in [5.74, 6) is -9.53. The fourth-order valence-electron chi connectivity index (χ4n) is 2.17. The first-order chi connectivity index (χ1) is 9.73. The minimum Gasteiger partial charge on any atom is -0.503 e. The van der Waals surface area contributed by atoms with E-state index in [9.17, 15) is 27.9 Å². The van der Waals surface area contributed by atoms with Gasteiger partial charge in [-0.1, -0.05) is 0 Å². The van der Waals surface area contributed by atoms with E-state index in [0.29, 0.717) is 4.90 Å². The molecular weight excluding hydrogens is 295 g/mol. The van der Waals surface area contributed by atoms with Crippen LogP contribution >= 0.6 is 0 Å². The number of phenolic OH excluding ortho intramolecular Hbond substituents is 1. The molecule has 2 rings (SSSR count). The van der Waals surface area contributed by atoms with E-state index < -0.39 is 59.3 Å². The number of aromatic hydroxyl groups is 1. The summed E-state index contributed by atoms with van der Waals surface area (Å²) in [6, 6.07) is -1.18. The van der Waals surface area contributed by atoms with Crippen LogP contribution in [-0.4, -0.2) is 50.8 Å². The van der Waals surface area contributed by atoms with Crippen LogP contribution in [0.5, 0.6) is 5.75 Å². The van der Waals surface area contributed by atoms with Gasteiger partial charge in [0.2, 0.25) is 5.82 Å². The van der Waals surface area contributed by atoms with Gasteiger partial charge >= 0.3 is 5.97 Å². The largest absolute Gasteiger partial charge is 0.503 e. The second kappa shape index (κ2) is 5.24. The van der Waals surface area contributed by atoms with Gasteiger partial charge in [0.15, 0.2) is 17.4 Å². The molecule has 114 valence electrons. The highest BCUT2D eigenvalue weighted by Crippen LogP contribution is 2.28. The monoisotopic (exact) mass is 305 g/mol. The van der Waals surface area contributed by atoms with E-state index in [1.165, 1.54) is 0 Å². The molecule has 1 aromatic rings. The van der Waals surface area contributed by atoms with E-state index in [1.54, 1.807) is 0 Å². The maximum Gasteiger partial charge on any atom is 0.326 e. The summed E-state index contributed by atoms with van der Waals surface area (Å²) in [6.07, 6.45) is -1.39. The molecule has 0 radical (unpaired) electrons. The van der Waals surface area contributed by atoms with Gasteiger partial charge in [0.1, 0.15) is 6.04 Å². The molecule has 1 amide bonds. The van der Waals surface area contributed by atoms with Crippen LogP contribution in [0.2, 0.25) is 0 Å². The number of phenols is 1. The van der Waals surface area contributed by atoms with Crippen molar-refractivity contribution < 1.29 is 38.1 Å². The molecule has 1 aromatic carbocycles. The Hall–Kier alpha value is -2.29. The molecule has 0 aromatic heterocycles. The van der Waals surface area contributed by atoms with Gasteiger partial charge in [-0.25, -0.2) is 13.6 Å². The summed E-state index contributed by atoms with van der Waals surface area (Å²) >= 11 is 0. The molecule has 0 aliphatic carbocycles. The van der Waals surface area contributed by atoms with Crippen LogP contribution in [0.3, 0.4) is 0 Å². The standard InChI is InChI=1S/C12H10F3NO5/c13-6-2-5(8(14)10(18)9(6)15)11(19)16-3-4(17)1-7(16)12(20)21/h2,4,7,17-18H,1,3H2,(H,20,21)/t4-,7-/m0/s1. The number of carbonyl (C=O) groups is 2. The number of aliphatic hydroxyl groups excluding tert-OH is 1. The van der Waals surface area contributed by atoms with Crippen LogP contribution in [0.25, 0.3) is 0 Å². The summed E-state index contributed by atoms with van der Waals surface area (Å²) in [5.41, 5.74) is -1.01. The van der Waals surface area contributed by atoms with Crippen LogP contribution in [-0.2, 0) is 4.79 Å². The Morgan fingerprint density at radius 2 is 1.86 bits per heavy atom. The van der Waals surface area contributed by atoms with E-state index in [2.05, 4.69) is 0 Å². The predicted octanol–water partition coefficient (Wildman–Crippen LogP) is 0.470. The number of aliphatic hydroxyl groups is 1. The fraction of sp³-hybridized carbons (Fsp3) is 0.333. The highest BCUT2D eigenvalue weighted by atomic mass is 19.2. The lowest BCUT2D eigenvalue weighted by atomic mass is 10.1. The van der Waals surface area contributed by atoms with E-state index in [1.807, 2.05) is 0 Å². The zero-order chi connectivity index (χ0) is 15.9. The zero-order valence-corrected chi connectivity index (χ0v) is 10.4. The van der Waals surface area contributed by atoms with Crippen molar-refractivity contribution in [3.63, 3.8) is 0 Å². The third-order valence-corrected chi connectivity index (χ3v) is 3.19. The predicted molar refractivity (Wildman–Crippen MR) is 61.1 cm³/mol. The molecule has 1 aliphatic rings. The van der Waals surface area contributed by atoms with Crippen LogP contribution < -0.4 is 0 Å². The van der Waals surface area contributed by atoms with Crippen molar-refractivity contribution in [3.8, 4) is 5.75 Å². The molecule has 1 heterocycles. The van der Waals surface area contributed by atoms with Crippen molar-refractivity contribution >= 4 is 11.9 Å². The van der Waals surface area contributed by atoms with Gasteiger partial charge < -0.3 is 20.2 Å². The van der Waals surface area contributed by atoms with Crippen molar-refractivity contribution in [2.24, 2.45) is 0 Å². The van der Waals surface area contributed by atoms with Crippen LogP contribution in [0.15, 0.2) is 6.07 Å². The van der Waals surface area contributed by atoms with Crippen molar-refractivity contribution in [2.45, 2.75) is 18.6 Å². The Kier molecular flexibility index (Phi) is 3.77. The Morgan fingerprint density at radius 1 is 1.24 bits per heavy atom. The molecule has 0 unspecified atom stereocenters. The van der Waals surface area contributed by atoms with Gasteiger partial charge in [0, 0.05) is 13.0 Å². The van der Waals surface area contributed by atoms with Crippen molar-refractivity contribution in [1.29, 1.82) is 0 Å². The first-order valence-corrected chi connectivity index (χ1v) is 5.82. The molecule has 3 N–H and O–H groups in total. The van der Waals surface area contributed by atoms with E-state index in [4.69, 9.17) is 10.2 Å². The van der Waals surface area contributed by atoms with Crippen molar-refractivity contribution in [3.05, 3.63) is 29.1 Å². The number of aliphatic carboxylic acids is 1. The van der Waals surface area contributed by atoms with Gasteiger partial charge in [-0.2, -0.15) is 4.39 Å². The number of amides is 1. The van der Waals surface area contributed by atoms with Gasteiger partial charge in [-0.15, -0.1) is 0 Å². The van der Waals surface area contributed by atoms with Gasteiger partial charge in [-0.05, 0) is 6.07 Å². The number of nitrogens with zero attached hydrogens (tertiary/aromatic N) is 1. The minimum atomic E-state index is -1.85. The molecule has 6 nitrogen and oxygen atoms in total. The lowest BCUT2D eigenvalue weighted by molar-refractivity contribution is -0.141. The number of carboxylic acid groups (broad SMARTS) is 1. The number of carbonyl (C=O) groups excluding carboxylic acids is 1. The number of hydrogen-bond donors (Lipinski definition) is 3. The molecule has 1 saturated heterocycles. The maximum absolute atomic E-state index is 13.7. The number of likely N-dealkylation sites (tertiary alicyclic amines) is 1. The number of hydrogen-bond acceptors (Lipinski definition) is 4. The van der Waals surface area contributed by atoms with Gasteiger partial charge in [0.25, 0.3) is 5.91 Å². The Balaban J connectivity index is 2.43. The molecule has 0 spiro atoms. The van der Waals surface area contributed by atoms with Gasteiger partial charge in [0.05, 0.1) is 11.7 Å². The third kappa shape index (κ3) is 2.51. The van der Waals surface area contributed by atoms with Crippen LogP contribution in [0, 0.1) is 17.5 Å². The van der Waals surface area contributed by atoms with Crippen LogP contribution in [0.4, 0.5) is 13.2 Å². The summed E-state index contributed by atoms with van der Waals surface area (Å²) < 4.78 is 39.8. The van der Waals surface area contributed by atoms with E-state index >= 15 is 0 Å². The van der Waals surface area contributed by atoms with E-state index in [0.717, 1.165) is 0 Å². The normalized spacial score (nSPS) is 21.6. The van der Waals surface area contributed by atoms with Crippen molar-refractivity contribution in [2.75, 3.05) is 6.54 Å². The lowest BCUT2D eigenvalue weighted by Crippen LogP contribution is -2.41. The zero-order valence-electron chi connectivity index (χ0n) is 10.4. The summed E-state index contributed by atoms with van der Waals surface area (Å²) in [7, 11) is 0. The maximum atomic E-state index is 13.7. The first kappa shape index (κ1) is 15.1. The molecule has 2 atom stereocenters. The SMILES string of the molecule is O=C(O)[C@@H]1C[C@H](O)CN1C(=O)c1cc(F)c(F)c(O)c1F. The number of β-amino-alcohol motifs (C(OH)–C–C–N with tert-alkyl or cyclic N) is 1. The number of carboxylic acids is 1. The first-order valence-electron chi connectivity index (χ1n) is 5.82. The molecule has 0 saturated carbocycles. The quantitative estimate of drug-likeness (QED) is 0.690. The summed E-state index contributed by atoms with van der Waals surface area (Å²) in [4.78, 5) is 23.7.